The molecule has 1 saturated heterocycles. The first-order valence-corrected chi connectivity index (χ1v) is 9.03. The van der Waals surface area contributed by atoms with Crippen LogP contribution in [0.25, 0.3) is 0 Å². The van der Waals surface area contributed by atoms with Gasteiger partial charge in [0, 0.05) is 30.6 Å². The van der Waals surface area contributed by atoms with E-state index in [0.717, 1.165) is 25.7 Å². The summed E-state index contributed by atoms with van der Waals surface area (Å²) in [5.41, 5.74) is 1.33. The van der Waals surface area contributed by atoms with Gasteiger partial charge in [-0.3, -0.25) is 4.79 Å². The van der Waals surface area contributed by atoms with E-state index < -0.39 is 0 Å². The molecule has 0 spiro atoms. The van der Waals surface area contributed by atoms with Crippen LogP contribution in [0.2, 0.25) is 0 Å². The van der Waals surface area contributed by atoms with Crippen molar-refractivity contribution < 1.29 is 4.79 Å². The van der Waals surface area contributed by atoms with Crippen LogP contribution in [0.5, 0.6) is 0 Å². The third-order valence-electron chi connectivity index (χ3n) is 4.17. The summed E-state index contributed by atoms with van der Waals surface area (Å²) in [7, 11) is 0. The molecule has 4 heteroatoms. The first-order chi connectivity index (χ1) is 10.3. The molecule has 1 heterocycles. The lowest BCUT2D eigenvalue weighted by molar-refractivity contribution is -0.129. The van der Waals surface area contributed by atoms with Crippen LogP contribution >= 0.6 is 11.8 Å². The number of hydrogen-bond donors (Lipinski definition) is 1. The molecule has 1 aliphatic carbocycles. The van der Waals surface area contributed by atoms with Crippen molar-refractivity contribution in [1.82, 2.24) is 10.2 Å². The zero-order chi connectivity index (χ0) is 14.5. The number of nitrogens with zero attached hydrogens (tertiary/aromatic N) is 1. The second-order valence-corrected chi connectivity index (χ2v) is 7.08. The predicted octanol–water partition coefficient (Wildman–Crippen LogP) is 3.04. The zero-order valence-electron chi connectivity index (χ0n) is 12.5. The Bertz CT molecular complexity index is 464. The average molecular weight is 304 g/mol. The van der Waals surface area contributed by atoms with Crippen LogP contribution in [-0.2, 0) is 11.3 Å². The molecule has 2 aliphatic rings. The molecular formula is C17H24N2OS. The molecule has 0 aromatic heterocycles. The lowest BCUT2D eigenvalue weighted by Crippen LogP contribution is -2.36. The summed E-state index contributed by atoms with van der Waals surface area (Å²) in [6.07, 6.45) is 6.25. The van der Waals surface area contributed by atoms with Gasteiger partial charge in [0.25, 0.3) is 0 Å². The maximum atomic E-state index is 12.1. The van der Waals surface area contributed by atoms with Gasteiger partial charge in [-0.05, 0) is 49.8 Å². The third kappa shape index (κ3) is 4.75. The van der Waals surface area contributed by atoms with Gasteiger partial charge in [-0.15, -0.1) is 11.8 Å². The summed E-state index contributed by atoms with van der Waals surface area (Å²) >= 11 is 1.66. The maximum Gasteiger partial charge on any atom is 0.232 e. The fraction of sp³-hybridized carbons (Fsp3) is 0.588. The normalized spacial score (nSPS) is 18.8. The molecule has 1 N–H and O–H groups in total. The summed E-state index contributed by atoms with van der Waals surface area (Å²) in [6, 6.07) is 9.36. The van der Waals surface area contributed by atoms with Crippen molar-refractivity contribution in [1.29, 1.82) is 0 Å². The lowest BCUT2D eigenvalue weighted by atomic mass is 10.1. The maximum absolute atomic E-state index is 12.1. The van der Waals surface area contributed by atoms with Crippen molar-refractivity contribution in [2.45, 2.75) is 49.6 Å². The molecular weight excluding hydrogens is 280 g/mol. The van der Waals surface area contributed by atoms with Gasteiger partial charge in [-0.1, -0.05) is 12.1 Å². The highest BCUT2D eigenvalue weighted by Crippen LogP contribution is 2.22. The summed E-state index contributed by atoms with van der Waals surface area (Å²) in [5.74, 6) is 0.860. The largest absolute Gasteiger partial charge is 0.342 e. The van der Waals surface area contributed by atoms with Crippen LogP contribution in [0.15, 0.2) is 29.2 Å². The molecule has 3 rings (SSSR count). The van der Waals surface area contributed by atoms with Crippen molar-refractivity contribution in [2.24, 2.45) is 0 Å². The van der Waals surface area contributed by atoms with Crippen molar-refractivity contribution in [2.75, 3.05) is 18.8 Å². The number of hydrogen-bond acceptors (Lipinski definition) is 3. The van der Waals surface area contributed by atoms with E-state index in [4.69, 9.17) is 0 Å². The number of nitrogens with one attached hydrogen (secondary N) is 1. The minimum Gasteiger partial charge on any atom is -0.342 e. The van der Waals surface area contributed by atoms with Gasteiger partial charge in [0.1, 0.15) is 0 Å². The van der Waals surface area contributed by atoms with E-state index >= 15 is 0 Å². The molecule has 1 aromatic carbocycles. The standard InChI is InChI=1S/C17H24N2OS/c20-17(19-10-2-1-3-11-19)13-21-16-8-4-14(5-9-16)12-18-15-6-7-15/h4-5,8-9,15,18H,1-3,6-7,10-13H2. The first-order valence-electron chi connectivity index (χ1n) is 8.04. The molecule has 3 nitrogen and oxygen atoms in total. The fourth-order valence-corrected chi connectivity index (χ4v) is 3.43. The number of thioether (sulfide) groups is 1. The molecule has 21 heavy (non-hydrogen) atoms. The van der Waals surface area contributed by atoms with Crippen LogP contribution in [0, 0.1) is 0 Å². The molecule has 1 amide bonds. The van der Waals surface area contributed by atoms with Crippen molar-refractivity contribution in [3.63, 3.8) is 0 Å². The topological polar surface area (TPSA) is 32.3 Å². The first kappa shape index (κ1) is 14.9. The molecule has 0 radical (unpaired) electrons. The molecule has 0 bridgehead atoms. The zero-order valence-corrected chi connectivity index (χ0v) is 13.3. The van der Waals surface area contributed by atoms with E-state index in [1.54, 1.807) is 11.8 Å². The molecule has 1 saturated carbocycles. The summed E-state index contributed by atoms with van der Waals surface area (Å²) in [4.78, 5) is 15.3. The Morgan fingerprint density at radius 2 is 1.86 bits per heavy atom. The fourth-order valence-electron chi connectivity index (χ4n) is 2.63. The Kier molecular flexibility index (Phi) is 5.20. The van der Waals surface area contributed by atoms with Crippen LogP contribution < -0.4 is 5.32 Å². The van der Waals surface area contributed by atoms with E-state index in [0.29, 0.717) is 11.7 Å². The smallest absolute Gasteiger partial charge is 0.232 e. The SMILES string of the molecule is O=C(CSc1ccc(CNC2CC2)cc1)N1CCCCC1. The van der Waals surface area contributed by atoms with Crippen LogP contribution in [-0.4, -0.2) is 35.7 Å². The monoisotopic (exact) mass is 304 g/mol. The summed E-state index contributed by atoms with van der Waals surface area (Å²) < 4.78 is 0. The third-order valence-corrected chi connectivity index (χ3v) is 5.16. The molecule has 1 aromatic rings. The number of carbonyl (C=O) groups excluding carboxylic acids is 1. The van der Waals surface area contributed by atoms with Gasteiger partial charge < -0.3 is 10.2 Å². The van der Waals surface area contributed by atoms with Crippen molar-refractivity contribution in [3.05, 3.63) is 29.8 Å². The van der Waals surface area contributed by atoms with Gasteiger partial charge in [0.2, 0.25) is 5.91 Å². The average Bonchev–Trinajstić information content (AvgIpc) is 3.37. The Morgan fingerprint density at radius 3 is 2.52 bits per heavy atom. The highest BCUT2D eigenvalue weighted by Gasteiger charge is 2.20. The molecule has 114 valence electrons. The van der Waals surface area contributed by atoms with Crippen molar-refractivity contribution in [3.8, 4) is 0 Å². The second kappa shape index (κ2) is 7.32. The van der Waals surface area contributed by atoms with Crippen LogP contribution in [0.3, 0.4) is 0 Å². The van der Waals surface area contributed by atoms with E-state index in [1.165, 1.54) is 42.6 Å². The Morgan fingerprint density at radius 1 is 1.14 bits per heavy atom. The number of rotatable bonds is 6. The Balaban J connectivity index is 1.42. The molecule has 1 aliphatic heterocycles. The minimum atomic E-state index is 0.291. The van der Waals surface area contributed by atoms with E-state index in [1.807, 2.05) is 4.90 Å². The highest BCUT2D eigenvalue weighted by atomic mass is 32.2. The molecule has 0 atom stereocenters. The second-order valence-electron chi connectivity index (χ2n) is 6.03. The Labute approximate surface area is 131 Å². The van der Waals surface area contributed by atoms with E-state index in [-0.39, 0.29) is 0 Å². The number of carbonyl (C=O) groups is 1. The van der Waals surface area contributed by atoms with Crippen molar-refractivity contribution >= 4 is 17.7 Å². The van der Waals surface area contributed by atoms with Crippen LogP contribution in [0.4, 0.5) is 0 Å². The van der Waals surface area contributed by atoms with E-state index in [9.17, 15) is 4.79 Å². The molecule has 2 fully saturated rings. The van der Waals surface area contributed by atoms with Gasteiger partial charge in [0.05, 0.1) is 5.75 Å². The van der Waals surface area contributed by atoms with E-state index in [2.05, 4.69) is 29.6 Å². The van der Waals surface area contributed by atoms with Gasteiger partial charge in [-0.2, -0.15) is 0 Å². The minimum absolute atomic E-state index is 0.291. The number of likely N-dealkylation sites (tertiary alicyclic amines) is 1. The number of benzene rings is 1. The van der Waals surface area contributed by atoms with Gasteiger partial charge >= 0.3 is 0 Å². The summed E-state index contributed by atoms with van der Waals surface area (Å²) in [5, 5.41) is 3.52. The highest BCUT2D eigenvalue weighted by molar-refractivity contribution is 8.00. The number of piperidine rings is 1. The lowest BCUT2D eigenvalue weighted by Gasteiger charge is -2.26. The van der Waals surface area contributed by atoms with Gasteiger partial charge in [0.15, 0.2) is 0 Å². The van der Waals surface area contributed by atoms with Crippen LogP contribution in [0.1, 0.15) is 37.7 Å². The molecule has 0 unspecified atom stereocenters. The Hall–Kier alpha value is -1.00. The van der Waals surface area contributed by atoms with Gasteiger partial charge in [-0.25, -0.2) is 0 Å². The summed E-state index contributed by atoms with van der Waals surface area (Å²) in [6.45, 7) is 2.86. The quantitative estimate of drug-likeness (QED) is 0.820. The number of amides is 1. The predicted molar refractivity (Wildman–Crippen MR) is 87.5 cm³/mol.